The number of unbranched alkanes of at least 4 members (excludes halogenated alkanes) is 2. The maximum Gasteiger partial charge on any atom is 0.328 e. The van der Waals surface area contributed by atoms with Crippen LogP contribution >= 0.6 is 0 Å². The van der Waals surface area contributed by atoms with Gasteiger partial charge in [-0.05, 0) is 24.6 Å². The van der Waals surface area contributed by atoms with E-state index in [4.69, 9.17) is 5.11 Å². The van der Waals surface area contributed by atoms with E-state index in [1.807, 2.05) is 0 Å². The van der Waals surface area contributed by atoms with E-state index in [0.29, 0.717) is 6.54 Å². The third-order valence-electron chi connectivity index (χ3n) is 3.10. The Kier molecular flexibility index (Phi) is 6.59. The average Bonchev–Trinajstić information content (AvgIpc) is 2.45. The number of carboxylic acid groups (broad SMARTS) is 1. The van der Waals surface area contributed by atoms with Crippen LogP contribution in [0.3, 0.4) is 0 Å². The molecule has 0 bridgehead atoms. The van der Waals surface area contributed by atoms with E-state index in [9.17, 15) is 14.0 Å². The van der Waals surface area contributed by atoms with Crippen molar-refractivity contribution in [2.45, 2.75) is 26.2 Å². The van der Waals surface area contributed by atoms with Crippen molar-refractivity contribution in [2.24, 2.45) is 0 Å². The number of hydrogen-bond donors (Lipinski definition) is 1. The summed E-state index contributed by atoms with van der Waals surface area (Å²) in [6.07, 6.45) is 5.06. The van der Waals surface area contributed by atoms with Crippen LogP contribution in [0.15, 0.2) is 24.3 Å². The fourth-order valence-electron chi connectivity index (χ4n) is 1.88. The molecule has 0 aliphatic heterocycles. The summed E-state index contributed by atoms with van der Waals surface area (Å²) in [5, 5.41) is 8.51. The lowest BCUT2D eigenvalue weighted by Crippen LogP contribution is -2.27. The Morgan fingerprint density at radius 3 is 2.62 bits per heavy atom. The van der Waals surface area contributed by atoms with Crippen molar-refractivity contribution < 1.29 is 19.1 Å². The molecule has 0 saturated carbocycles. The quantitative estimate of drug-likeness (QED) is 0.620. The second kappa shape index (κ2) is 8.19. The van der Waals surface area contributed by atoms with Crippen molar-refractivity contribution in [1.82, 2.24) is 4.90 Å². The second-order valence-corrected chi connectivity index (χ2v) is 4.84. The molecular weight excluding hydrogens is 273 g/mol. The van der Waals surface area contributed by atoms with Gasteiger partial charge in [-0.3, -0.25) is 4.79 Å². The molecule has 21 heavy (non-hydrogen) atoms. The highest BCUT2D eigenvalue weighted by Gasteiger charge is 2.13. The molecule has 1 N–H and O–H groups in total. The minimum absolute atomic E-state index is 0.141. The van der Waals surface area contributed by atoms with E-state index >= 15 is 0 Å². The summed E-state index contributed by atoms with van der Waals surface area (Å²) in [5.41, 5.74) is 0.404. The number of amides is 1. The van der Waals surface area contributed by atoms with Gasteiger partial charge in [-0.25, -0.2) is 9.18 Å². The summed E-state index contributed by atoms with van der Waals surface area (Å²) in [5.74, 6) is -2.00. The number of halogens is 1. The molecule has 0 atom stereocenters. The molecule has 114 valence electrons. The fourth-order valence-corrected chi connectivity index (χ4v) is 1.88. The minimum atomic E-state index is -1.15. The smallest absolute Gasteiger partial charge is 0.328 e. The maximum absolute atomic E-state index is 13.8. The monoisotopic (exact) mass is 293 g/mol. The molecule has 1 aromatic carbocycles. The topological polar surface area (TPSA) is 57.6 Å². The highest BCUT2D eigenvalue weighted by atomic mass is 19.1. The molecule has 4 nitrogen and oxygen atoms in total. The second-order valence-electron chi connectivity index (χ2n) is 4.84. The van der Waals surface area contributed by atoms with Gasteiger partial charge in [-0.1, -0.05) is 25.8 Å². The number of carbonyl (C=O) groups is 2. The first-order valence-electron chi connectivity index (χ1n) is 6.91. The number of hydrogen-bond acceptors (Lipinski definition) is 2. The van der Waals surface area contributed by atoms with Crippen molar-refractivity contribution in [3.63, 3.8) is 0 Å². The van der Waals surface area contributed by atoms with Gasteiger partial charge in [0.1, 0.15) is 5.82 Å². The van der Waals surface area contributed by atoms with E-state index < -0.39 is 11.8 Å². The Bertz CT molecular complexity index is 540. The van der Waals surface area contributed by atoms with Crippen molar-refractivity contribution >= 4 is 18.0 Å². The standard InChI is InChI=1S/C16H20FNO3/c1-3-4-5-10-18(2)16(21)13-7-6-12(14(17)11-13)8-9-15(19)20/h6-9,11H,3-5,10H2,1-2H3,(H,19,20). The molecule has 0 radical (unpaired) electrons. The van der Waals surface area contributed by atoms with Gasteiger partial charge in [0, 0.05) is 30.8 Å². The Hall–Kier alpha value is -2.17. The SMILES string of the molecule is CCCCCN(C)C(=O)c1ccc(C=CC(=O)O)c(F)c1. The van der Waals surface area contributed by atoms with Crippen LogP contribution in [-0.2, 0) is 4.79 Å². The van der Waals surface area contributed by atoms with Gasteiger partial charge in [0.2, 0.25) is 0 Å². The summed E-state index contributed by atoms with van der Waals surface area (Å²) in [4.78, 5) is 24.1. The van der Waals surface area contributed by atoms with Crippen molar-refractivity contribution in [3.05, 3.63) is 41.2 Å². The van der Waals surface area contributed by atoms with Gasteiger partial charge in [-0.15, -0.1) is 0 Å². The summed E-state index contributed by atoms with van der Waals surface area (Å²) >= 11 is 0. The average molecular weight is 293 g/mol. The van der Waals surface area contributed by atoms with Crippen LogP contribution in [0.4, 0.5) is 4.39 Å². The molecule has 1 aromatic rings. The molecule has 1 rings (SSSR count). The zero-order valence-electron chi connectivity index (χ0n) is 12.3. The molecule has 0 saturated heterocycles. The van der Waals surface area contributed by atoms with Crippen LogP contribution in [0.5, 0.6) is 0 Å². The fraction of sp³-hybridized carbons (Fsp3) is 0.375. The molecule has 0 aliphatic rings. The van der Waals surface area contributed by atoms with E-state index in [0.717, 1.165) is 37.5 Å². The van der Waals surface area contributed by atoms with Gasteiger partial charge in [-0.2, -0.15) is 0 Å². The predicted octanol–water partition coefficient (Wildman–Crippen LogP) is 3.19. The normalized spacial score (nSPS) is 10.8. The number of carboxylic acids is 1. The van der Waals surface area contributed by atoms with Gasteiger partial charge in [0.25, 0.3) is 5.91 Å². The molecule has 0 spiro atoms. The molecule has 0 heterocycles. The van der Waals surface area contributed by atoms with E-state index in [1.165, 1.54) is 12.1 Å². The van der Waals surface area contributed by atoms with Crippen LogP contribution in [0.1, 0.15) is 42.1 Å². The Balaban J connectivity index is 2.78. The molecular formula is C16H20FNO3. The predicted molar refractivity (Wildman–Crippen MR) is 79.6 cm³/mol. The van der Waals surface area contributed by atoms with Gasteiger partial charge in [0.05, 0.1) is 0 Å². The Morgan fingerprint density at radius 2 is 2.05 bits per heavy atom. The van der Waals surface area contributed by atoms with E-state index in [2.05, 4.69) is 6.92 Å². The first-order valence-corrected chi connectivity index (χ1v) is 6.91. The zero-order valence-corrected chi connectivity index (χ0v) is 12.3. The minimum Gasteiger partial charge on any atom is -0.478 e. The first kappa shape index (κ1) is 16.9. The van der Waals surface area contributed by atoms with Crippen molar-refractivity contribution in [1.29, 1.82) is 0 Å². The molecule has 0 aliphatic carbocycles. The van der Waals surface area contributed by atoms with E-state index in [-0.39, 0.29) is 17.0 Å². The first-order chi connectivity index (χ1) is 9.95. The largest absolute Gasteiger partial charge is 0.478 e. The number of carbonyl (C=O) groups excluding carboxylic acids is 1. The third-order valence-corrected chi connectivity index (χ3v) is 3.10. The molecule has 0 fully saturated rings. The van der Waals surface area contributed by atoms with Crippen molar-refractivity contribution in [2.75, 3.05) is 13.6 Å². The van der Waals surface area contributed by atoms with Gasteiger partial charge in [0.15, 0.2) is 0 Å². The summed E-state index contributed by atoms with van der Waals surface area (Å²) in [7, 11) is 1.69. The molecule has 1 amide bonds. The van der Waals surface area contributed by atoms with Gasteiger partial charge < -0.3 is 10.0 Å². The van der Waals surface area contributed by atoms with Gasteiger partial charge >= 0.3 is 5.97 Å². The number of nitrogens with zero attached hydrogens (tertiary/aromatic N) is 1. The molecule has 0 unspecified atom stereocenters. The summed E-state index contributed by atoms with van der Waals surface area (Å²) in [6, 6.07) is 4.05. The van der Waals surface area contributed by atoms with E-state index in [1.54, 1.807) is 11.9 Å². The highest BCUT2D eigenvalue weighted by Crippen LogP contribution is 2.14. The molecule has 5 heteroatoms. The number of aliphatic carboxylic acids is 1. The summed E-state index contributed by atoms with van der Waals surface area (Å²) < 4.78 is 13.8. The highest BCUT2D eigenvalue weighted by molar-refractivity contribution is 5.94. The number of benzene rings is 1. The lowest BCUT2D eigenvalue weighted by atomic mass is 10.1. The lowest BCUT2D eigenvalue weighted by molar-refractivity contribution is -0.131. The Labute approximate surface area is 123 Å². The van der Waals surface area contributed by atoms with Crippen LogP contribution in [-0.4, -0.2) is 35.5 Å². The van der Waals surface area contributed by atoms with Crippen LogP contribution in [0.25, 0.3) is 6.08 Å². The lowest BCUT2D eigenvalue weighted by Gasteiger charge is -2.17. The van der Waals surface area contributed by atoms with Crippen molar-refractivity contribution in [3.8, 4) is 0 Å². The third kappa shape index (κ3) is 5.38. The zero-order chi connectivity index (χ0) is 15.8. The summed E-state index contributed by atoms with van der Waals surface area (Å²) in [6.45, 7) is 2.72. The van der Waals surface area contributed by atoms with Crippen LogP contribution in [0, 0.1) is 5.82 Å². The van der Waals surface area contributed by atoms with Crippen LogP contribution < -0.4 is 0 Å². The van der Waals surface area contributed by atoms with Crippen LogP contribution in [0.2, 0.25) is 0 Å². The maximum atomic E-state index is 13.8. The molecule has 0 aromatic heterocycles. The number of rotatable bonds is 7. The Morgan fingerprint density at radius 1 is 1.33 bits per heavy atom.